The molecule has 0 atom stereocenters. The van der Waals surface area contributed by atoms with Gasteiger partial charge in [0, 0.05) is 5.39 Å². The highest BCUT2D eigenvalue weighted by Crippen LogP contribution is 2.24. The Labute approximate surface area is 152 Å². The standard InChI is InChI=1S/C18H14N2O7/c1-10-11-5-3-4-6-12(11)19-13(16(10)18(22)25-2)9-26-17(21)14-7-8-15(27-14)20(23)24/h3-8H,9H2,1-2H3. The van der Waals surface area contributed by atoms with Gasteiger partial charge in [-0.1, -0.05) is 18.2 Å². The number of esters is 2. The van der Waals surface area contributed by atoms with Gasteiger partial charge in [-0.05, 0) is 24.6 Å². The number of methoxy groups -OCH3 is 1. The predicted octanol–water partition coefficient (Wildman–Crippen LogP) is 3.19. The Kier molecular flexibility index (Phi) is 4.84. The van der Waals surface area contributed by atoms with E-state index in [0.717, 1.165) is 17.5 Å². The molecule has 0 aliphatic rings. The maximum Gasteiger partial charge on any atom is 0.433 e. The van der Waals surface area contributed by atoms with Crippen LogP contribution in [0.5, 0.6) is 0 Å². The Morgan fingerprint density at radius 2 is 1.93 bits per heavy atom. The molecule has 9 heteroatoms. The summed E-state index contributed by atoms with van der Waals surface area (Å²) in [6.07, 6.45) is 0. The first-order valence-electron chi connectivity index (χ1n) is 7.80. The number of carbonyl (C=O) groups excluding carboxylic acids is 2. The monoisotopic (exact) mass is 370 g/mol. The van der Waals surface area contributed by atoms with Gasteiger partial charge >= 0.3 is 17.8 Å². The van der Waals surface area contributed by atoms with Gasteiger partial charge < -0.3 is 13.9 Å². The zero-order chi connectivity index (χ0) is 19.6. The fraction of sp³-hybridized carbons (Fsp3) is 0.167. The first-order valence-corrected chi connectivity index (χ1v) is 7.80. The van der Waals surface area contributed by atoms with E-state index in [0.29, 0.717) is 11.1 Å². The number of benzene rings is 1. The molecule has 138 valence electrons. The van der Waals surface area contributed by atoms with Crippen molar-refractivity contribution in [3.63, 3.8) is 0 Å². The van der Waals surface area contributed by atoms with E-state index in [-0.39, 0.29) is 23.6 Å². The highest BCUT2D eigenvalue weighted by molar-refractivity contribution is 5.98. The lowest BCUT2D eigenvalue weighted by molar-refractivity contribution is -0.402. The number of aromatic nitrogens is 1. The van der Waals surface area contributed by atoms with Crippen molar-refractivity contribution >= 4 is 28.7 Å². The molecule has 0 N–H and O–H groups in total. The third kappa shape index (κ3) is 3.47. The summed E-state index contributed by atoms with van der Waals surface area (Å²) in [5.74, 6) is -2.41. The third-order valence-corrected chi connectivity index (χ3v) is 3.93. The molecule has 0 aliphatic carbocycles. The minimum absolute atomic E-state index is 0.203. The molecule has 0 amide bonds. The Bertz CT molecular complexity index is 1060. The molecular formula is C18H14N2O7. The normalized spacial score (nSPS) is 10.6. The quantitative estimate of drug-likeness (QED) is 0.381. The van der Waals surface area contributed by atoms with Crippen molar-refractivity contribution in [2.45, 2.75) is 13.5 Å². The summed E-state index contributed by atoms with van der Waals surface area (Å²) < 4.78 is 14.7. The number of ether oxygens (including phenoxy) is 2. The molecule has 0 radical (unpaired) electrons. The van der Waals surface area contributed by atoms with E-state index in [1.165, 1.54) is 7.11 Å². The van der Waals surface area contributed by atoms with Crippen LogP contribution >= 0.6 is 0 Å². The van der Waals surface area contributed by atoms with E-state index in [2.05, 4.69) is 4.98 Å². The zero-order valence-corrected chi connectivity index (χ0v) is 14.4. The van der Waals surface area contributed by atoms with Crippen LogP contribution in [0.2, 0.25) is 0 Å². The van der Waals surface area contributed by atoms with Crippen molar-refractivity contribution in [1.82, 2.24) is 4.98 Å². The predicted molar refractivity (Wildman–Crippen MR) is 92.3 cm³/mol. The second-order valence-electron chi connectivity index (χ2n) is 5.54. The minimum Gasteiger partial charge on any atom is -0.465 e. The van der Waals surface area contributed by atoms with E-state index >= 15 is 0 Å². The van der Waals surface area contributed by atoms with Crippen LogP contribution in [-0.2, 0) is 16.1 Å². The number of pyridine rings is 1. The Morgan fingerprint density at radius 3 is 2.59 bits per heavy atom. The number of furan rings is 1. The molecule has 2 heterocycles. The number of hydrogen-bond donors (Lipinski definition) is 0. The molecule has 9 nitrogen and oxygen atoms in total. The molecule has 0 bridgehead atoms. The van der Waals surface area contributed by atoms with Gasteiger partial charge in [-0.25, -0.2) is 14.6 Å². The van der Waals surface area contributed by atoms with Crippen LogP contribution in [0.3, 0.4) is 0 Å². The highest BCUT2D eigenvalue weighted by Gasteiger charge is 2.22. The van der Waals surface area contributed by atoms with Gasteiger partial charge in [0.25, 0.3) is 0 Å². The van der Waals surface area contributed by atoms with Crippen molar-refractivity contribution in [1.29, 1.82) is 0 Å². The number of rotatable bonds is 5. The van der Waals surface area contributed by atoms with E-state index < -0.39 is 22.7 Å². The van der Waals surface area contributed by atoms with Crippen LogP contribution in [0.25, 0.3) is 10.9 Å². The number of aryl methyl sites for hydroxylation is 1. The molecule has 0 aliphatic heterocycles. The SMILES string of the molecule is COC(=O)c1c(COC(=O)c2ccc([N+](=O)[O-])o2)nc2ccccc2c1C. The van der Waals surface area contributed by atoms with Crippen molar-refractivity contribution in [2.75, 3.05) is 7.11 Å². The second-order valence-corrected chi connectivity index (χ2v) is 5.54. The van der Waals surface area contributed by atoms with Gasteiger partial charge in [0.2, 0.25) is 5.76 Å². The van der Waals surface area contributed by atoms with E-state index in [1.807, 2.05) is 12.1 Å². The molecule has 0 saturated carbocycles. The summed E-state index contributed by atoms with van der Waals surface area (Å²) in [6.45, 7) is 1.42. The van der Waals surface area contributed by atoms with Crippen LogP contribution in [0.15, 0.2) is 40.8 Å². The fourth-order valence-electron chi connectivity index (χ4n) is 2.66. The van der Waals surface area contributed by atoms with Crippen LogP contribution in [0.1, 0.15) is 32.2 Å². The molecule has 2 aromatic heterocycles. The summed E-state index contributed by atoms with van der Waals surface area (Å²) in [5.41, 5.74) is 1.69. The Morgan fingerprint density at radius 1 is 1.19 bits per heavy atom. The smallest absolute Gasteiger partial charge is 0.433 e. The lowest BCUT2D eigenvalue weighted by Gasteiger charge is -2.13. The van der Waals surface area contributed by atoms with Gasteiger partial charge in [-0.2, -0.15) is 0 Å². The maximum absolute atomic E-state index is 12.2. The molecule has 1 aromatic carbocycles. The Hall–Kier alpha value is -3.75. The number of carbonyl (C=O) groups is 2. The number of para-hydroxylation sites is 1. The number of nitrogens with zero attached hydrogens (tertiary/aromatic N) is 2. The number of nitro groups is 1. The van der Waals surface area contributed by atoms with E-state index in [4.69, 9.17) is 13.9 Å². The van der Waals surface area contributed by atoms with Crippen LogP contribution < -0.4 is 0 Å². The second kappa shape index (κ2) is 7.24. The van der Waals surface area contributed by atoms with Crippen molar-refractivity contribution in [2.24, 2.45) is 0 Å². The third-order valence-electron chi connectivity index (χ3n) is 3.93. The molecule has 0 saturated heterocycles. The van der Waals surface area contributed by atoms with Gasteiger partial charge in [-0.3, -0.25) is 10.1 Å². The summed E-state index contributed by atoms with van der Waals surface area (Å²) in [7, 11) is 1.24. The average Bonchev–Trinajstić information content (AvgIpc) is 3.16. The van der Waals surface area contributed by atoms with Crippen LogP contribution in [0.4, 0.5) is 5.88 Å². The Balaban J connectivity index is 1.92. The highest BCUT2D eigenvalue weighted by atomic mass is 16.7. The summed E-state index contributed by atoms with van der Waals surface area (Å²) in [6, 6.07) is 9.40. The van der Waals surface area contributed by atoms with Gasteiger partial charge in [0.15, 0.2) is 0 Å². The molecule has 0 unspecified atom stereocenters. The van der Waals surface area contributed by atoms with Crippen molar-refractivity contribution < 1.29 is 28.4 Å². The summed E-state index contributed by atoms with van der Waals surface area (Å²) >= 11 is 0. The molecule has 0 fully saturated rings. The lowest BCUT2D eigenvalue weighted by Crippen LogP contribution is -2.14. The lowest BCUT2D eigenvalue weighted by atomic mass is 10.0. The maximum atomic E-state index is 12.2. The zero-order valence-electron chi connectivity index (χ0n) is 14.4. The first kappa shape index (κ1) is 18.1. The average molecular weight is 370 g/mol. The largest absolute Gasteiger partial charge is 0.465 e. The van der Waals surface area contributed by atoms with Gasteiger partial charge in [0.05, 0.1) is 30.0 Å². The first-order chi connectivity index (χ1) is 12.9. The summed E-state index contributed by atoms with van der Waals surface area (Å²) in [4.78, 5) is 38.5. The van der Waals surface area contributed by atoms with Crippen molar-refractivity contribution in [3.05, 3.63) is 69.1 Å². The van der Waals surface area contributed by atoms with Gasteiger partial charge in [0.1, 0.15) is 11.5 Å². The van der Waals surface area contributed by atoms with Crippen LogP contribution in [0, 0.1) is 17.0 Å². The minimum atomic E-state index is -0.911. The van der Waals surface area contributed by atoms with Crippen LogP contribution in [-0.4, -0.2) is 29.0 Å². The molecular weight excluding hydrogens is 356 g/mol. The molecule has 3 rings (SSSR count). The molecule has 0 spiro atoms. The fourth-order valence-corrected chi connectivity index (χ4v) is 2.66. The topological polar surface area (TPSA) is 122 Å². The van der Waals surface area contributed by atoms with Crippen molar-refractivity contribution in [3.8, 4) is 0 Å². The number of fused-ring (bicyclic) bond motifs is 1. The van der Waals surface area contributed by atoms with E-state index in [9.17, 15) is 19.7 Å². The number of hydrogen-bond acceptors (Lipinski definition) is 8. The molecule has 3 aromatic rings. The molecule has 27 heavy (non-hydrogen) atoms. The summed E-state index contributed by atoms with van der Waals surface area (Å²) in [5, 5.41) is 11.4. The van der Waals surface area contributed by atoms with E-state index in [1.54, 1.807) is 19.1 Å². The van der Waals surface area contributed by atoms with Gasteiger partial charge in [-0.15, -0.1) is 0 Å².